The summed E-state index contributed by atoms with van der Waals surface area (Å²) in [6.07, 6.45) is 4.68. The van der Waals surface area contributed by atoms with Gasteiger partial charge in [0.1, 0.15) is 5.82 Å². The van der Waals surface area contributed by atoms with Gasteiger partial charge in [-0.2, -0.15) is 0 Å². The Morgan fingerprint density at radius 3 is 3.05 bits per heavy atom. The van der Waals surface area contributed by atoms with E-state index < -0.39 is 5.91 Å². The van der Waals surface area contributed by atoms with E-state index in [1.54, 1.807) is 16.6 Å². The number of aromatic nitrogens is 2. The number of hydroxylamine groups is 1. The van der Waals surface area contributed by atoms with Crippen LogP contribution in [0.4, 0.5) is 0 Å². The van der Waals surface area contributed by atoms with E-state index in [1.807, 2.05) is 42.5 Å². The largest absolute Gasteiger partial charge is 0.340 e. The molecule has 8 nitrogen and oxygen atoms in total. The smallest absolute Gasteiger partial charge is 0.267 e. The van der Waals surface area contributed by atoms with Gasteiger partial charge in [-0.1, -0.05) is 12.1 Å². The third-order valence-corrected chi connectivity index (χ3v) is 3.23. The van der Waals surface area contributed by atoms with E-state index in [1.165, 1.54) is 6.08 Å². The molecular formula is C14H16N6O2. The molecule has 22 heavy (non-hydrogen) atoms. The summed E-state index contributed by atoms with van der Waals surface area (Å²) in [5, 5.41) is 12.1. The fraction of sp³-hybridized carbons (Fsp3) is 0.143. The third-order valence-electron chi connectivity index (χ3n) is 3.23. The fourth-order valence-corrected chi connectivity index (χ4v) is 2.20. The normalized spacial score (nSPS) is 14.9. The van der Waals surface area contributed by atoms with E-state index in [9.17, 15) is 4.79 Å². The minimum Gasteiger partial charge on any atom is -0.340 e. The number of carbonyl (C=O) groups excluding carboxylic acids is 1. The minimum absolute atomic E-state index is 0.544. The number of hydrazine groups is 2. The second kappa shape index (κ2) is 5.88. The van der Waals surface area contributed by atoms with Crippen molar-refractivity contribution in [2.24, 2.45) is 0 Å². The maximum absolute atomic E-state index is 11.0. The lowest BCUT2D eigenvalue weighted by Gasteiger charge is -2.19. The summed E-state index contributed by atoms with van der Waals surface area (Å²) in [4.78, 5) is 18.8. The van der Waals surface area contributed by atoms with Gasteiger partial charge in [0.2, 0.25) is 0 Å². The predicted molar refractivity (Wildman–Crippen MR) is 79.7 cm³/mol. The lowest BCUT2D eigenvalue weighted by Crippen LogP contribution is -2.37. The number of para-hydroxylation sites is 2. The fourth-order valence-electron chi connectivity index (χ4n) is 2.20. The van der Waals surface area contributed by atoms with Crippen LogP contribution in [0.1, 0.15) is 5.82 Å². The zero-order valence-corrected chi connectivity index (χ0v) is 11.9. The second-order valence-electron chi connectivity index (χ2n) is 4.85. The molecule has 0 unspecified atom stereocenters. The number of rotatable bonds is 4. The molecule has 1 aliphatic rings. The van der Waals surface area contributed by atoms with Crippen molar-refractivity contribution in [2.75, 3.05) is 7.05 Å². The minimum atomic E-state index is -0.579. The zero-order chi connectivity index (χ0) is 15.5. The van der Waals surface area contributed by atoms with Crippen LogP contribution in [0.15, 0.2) is 48.3 Å². The van der Waals surface area contributed by atoms with E-state index in [0.29, 0.717) is 6.54 Å². The number of imidazole rings is 1. The number of hydrogen-bond donors (Lipinski definition) is 4. The molecule has 1 aromatic heterocycles. The molecule has 1 amide bonds. The van der Waals surface area contributed by atoms with Gasteiger partial charge in [-0.05, 0) is 18.2 Å². The SMILES string of the molecule is CN1NN(Cc2nc3ccccc3[nH]2)C=C1C=CC(=O)NO. The van der Waals surface area contributed by atoms with Gasteiger partial charge in [-0.3, -0.25) is 20.0 Å². The Morgan fingerprint density at radius 1 is 1.45 bits per heavy atom. The van der Waals surface area contributed by atoms with E-state index in [-0.39, 0.29) is 0 Å². The van der Waals surface area contributed by atoms with Crippen LogP contribution in [0, 0.1) is 0 Å². The van der Waals surface area contributed by atoms with Crippen LogP contribution < -0.4 is 11.0 Å². The van der Waals surface area contributed by atoms with Crippen molar-refractivity contribution < 1.29 is 10.0 Å². The molecule has 114 valence electrons. The van der Waals surface area contributed by atoms with Gasteiger partial charge in [0.25, 0.3) is 5.91 Å². The van der Waals surface area contributed by atoms with E-state index in [0.717, 1.165) is 22.6 Å². The van der Waals surface area contributed by atoms with Gasteiger partial charge in [0.15, 0.2) is 0 Å². The number of fused-ring (bicyclic) bond motifs is 1. The van der Waals surface area contributed by atoms with Gasteiger partial charge >= 0.3 is 0 Å². The van der Waals surface area contributed by atoms with Crippen molar-refractivity contribution >= 4 is 16.9 Å². The van der Waals surface area contributed by atoms with Crippen LogP contribution in [-0.4, -0.2) is 38.1 Å². The number of H-pyrrole nitrogens is 1. The molecular weight excluding hydrogens is 284 g/mol. The number of nitrogens with one attached hydrogen (secondary N) is 3. The predicted octanol–water partition coefficient (Wildman–Crippen LogP) is 0.633. The Bertz CT molecular complexity index is 718. The van der Waals surface area contributed by atoms with Crippen molar-refractivity contribution in [1.29, 1.82) is 0 Å². The molecule has 8 heteroatoms. The summed E-state index contributed by atoms with van der Waals surface area (Å²) in [7, 11) is 1.83. The summed E-state index contributed by atoms with van der Waals surface area (Å²) in [5.74, 6) is 0.252. The van der Waals surface area contributed by atoms with Crippen molar-refractivity contribution in [3.05, 3.63) is 54.1 Å². The first kappa shape index (κ1) is 14.1. The van der Waals surface area contributed by atoms with Crippen LogP contribution in [-0.2, 0) is 11.3 Å². The molecule has 0 spiro atoms. The Morgan fingerprint density at radius 2 is 2.27 bits per heavy atom. The summed E-state index contributed by atoms with van der Waals surface area (Å²) in [5.41, 5.74) is 7.35. The van der Waals surface area contributed by atoms with Crippen LogP contribution in [0.3, 0.4) is 0 Å². The Kier molecular flexibility index (Phi) is 3.77. The first-order chi connectivity index (χ1) is 10.7. The summed E-state index contributed by atoms with van der Waals surface area (Å²) in [6, 6.07) is 7.84. The Labute approximate surface area is 126 Å². The highest BCUT2D eigenvalue weighted by molar-refractivity contribution is 5.86. The molecule has 3 rings (SSSR count). The summed E-state index contributed by atoms with van der Waals surface area (Å²) >= 11 is 0. The molecule has 0 bridgehead atoms. The highest BCUT2D eigenvalue weighted by Crippen LogP contribution is 2.15. The number of aromatic amines is 1. The second-order valence-corrected chi connectivity index (χ2v) is 4.85. The number of benzene rings is 1. The molecule has 1 aromatic carbocycles. The van der Waals surface area contributed by atoms with Crippen LogP contribution in [0.25, 0.3) is 11.0 Å². The van der Waals surface area contributed by atoms with E-state index in [4.69, 9.17) is 5.21 Å². The average molecular weight is 300 g/mol. The highest BCUT2D eigenvalue weighted by Gasteiger charge is 2.16. The Balaban J connectivity index is 1.72. The topological polar surface area (TPSA) is 96.5 Å². The molecule has 1 aliphatic heterocycles. The van der Waals surface area contributed by atoms with E-state index in [2.05, 4.69) is 15.5 Å². The molecule has 0 saturated heterocycles. The zero-order valence-electron chi connectivity index (χ0n) is 11.9. The van der Waals surface area contributed by atoms with Crippen molar-refractivity contribution in [2.45, 2.75) is 6.54 Å². The maximum Gasteiger partial charge on any atom is 0.267 e. The summed E-state index contributed by atoms with van der Waals surface area (Å²) < 4.78 is 0. The highest BCUT2D eigenvalue weighted by atomic mass is 16.5. The van der Waals surface area contributed by atoms with Crippen molar-refractivity contribution in [3.8, 4) is 0 Å². The number of nitrogens with zero attached hydrogens (tertiary/aromatic N) is 3. The van der Waals surface area contributed by atoms with Crippen molar-refractivity contribution in [1.82, 2.24) is 31.0 Å². The average Bonchev–Trinajstić information content (AvgIpc) is 3.07. The number of likely N-dealkylation sites (N-methyl/N-ethyl adjacent to an activating group) is 1. The monoisotopic (exact) mass is 300 g/mol. The van der Waals surface area contributed by atoms with Gasteiger partial charge in [0.05, 0.1) is 23.3 Å². The van der Waals surface area contributed by atoms with E-state index >= 15 is 0 Å². The molecule has 2 heterocycles. The van der Waals surface area contributed by atoms with Crippen molar-refractivity contribution in [3.63, 3.8) is 0 Å². The number of carbonyl (C=O) groups is 1. The maximum atomic E-state index is 11.0. The molecule has 0 radical (unpaired) electrons. The lowest BCUT2D eigenvalue weighted by molar-refractivity contribution is -0.124. The van der Waals surface area contributed by atoms with Crippen LogP contribution in [0.5, 0.6) is 0 Å². The molecule has 2 aromatic rings. The standard InChI is InChI=1S/C14H16N6O2/c1-19-10(6-7-14(21)17-22)8-20(18-19)9-13-15-11-4-2-3-5-12(11)16-13/h2-8,18,22H,9H2,1H3,(H,15,16)(H,17,21). The number of amides is 1. The molecule has 0 aliphatic carbocycles. The molecule has 0 fully saturated rings. The van der Waals surface area contributed by atoms with Gasteiger partial charge < -0.3 is 4.98 Å². The first-order valence-electron chi connectivity index (χ1n) is 6.70. The molecule has 4 N–H and O–H groups in total. The molecule has 0 saturated carbocycles. The Hall–Kier alpha value is -2.84. The quantitative estimate of drug-likeness (QED) is 0.376. The van der Waals surface area contributed by atoms with Crippen LogP contribution >= 0.6 is 0 Å². The van der Waals surface area contributed by atoms with Gasteiger partial charge in [0, 0.05) is 19.3 Å². The van der Waals surface area contributed by atoms with Gasteiger partial charge in [-0.15, -0.1) is 5.53 Å². The lowest BCUT2D eigenvalue weighted by atomic mass is 10.3. The number of allylic oxidation sites excluding steroid dienone is 1. The summed E-state index contributed by atoms with van der Waals surface area (Å²) in [6.45, 7) is 0.544. The molecule has 0 atom stereocenters. The van der Waals surface area contributed by atoms with Gasteiger partial charge in [-0.25, -0.2) is 10.5 Å². The van der Waals surface area contributed by atoms with Crippen LogP contribution in [0.2, 0.25) is 0 Å². The number of hydrogen-bond acceptors (Lipinski definition) is 6. The first-order valence-corrected chi connectivity index (χ1v) is 6.70. The third kappa shape index (κ3) is 2.92.